The van der Waals surface area contributed by atoms with E-state index in [0.717, 1.165) is 59.0 Å². The second kappa shape index (κ2) is 9.02. The van der Waals surface area contributed by atoms with Gasteiger partial charge in [-0.2, -0.15) is 0 Å². The number of anilines is 2. The first-order chi connectivity index (χ1) is 17.1. The molecular formula is C27H27N5O2S. The number of likely N-dealkylation sites (tertiary alicyclic amines) is 1. The minimum Gasteiger partial charge on any atom is -0.351 e. The predicted octanol–water partition coefficient (Wildman–Crippen LogP) is 4.34. The van der Waals surface area contributed by atoms with Gasteiger partial charge in [-0.1, -0.05) is 54.2 Å². The van der Waals surface area contributed by atoms with Crippen molar-refractivity contribution in [2.75, 3.05) is 25.0 Å². The van der Waals surface area contributed by atoms with Crippen LogP contribution < -0.4 is 15.5 Å². The van der Waals surface area contributed by atoms with Gasteiger partial charge in [0, 0.05) is 24.3 Å². The molecule has 7 nitrogen and oxygen atoms in total. The first kappa shape index (κ1) is 22.1. The summed E-state index contributed by atoms with van der Waals surface area (Å²) in [7, 11) is 2.08. The van der Waals surface area contributed by atoms with Gasteiger partial charge in [-0.3, -0.25) is 9.69 Å². The summed E-state index contributed by atoms with van der Waals surface area (Å²) >= 11 is 1.44. The van der Waals surface area contributed by atoms with Gasteiger partial charge in [0.25, 0.3) is 0 Å². The van der Waals surface area contributed by atoms with Gasteiger partial charge in [0.2, 0.25) is 5.91 Å². The Balaban J connectivity index is 1.30. The van der Waals surface area contributed by atoms with E-state index >= 15 is 0 Å². The van der Waals surface area contributed by atoms with Crippen molar-refractivity contribution in [2.45, 2.75) is 35.2 Å². The fourth-order valence-corrected chi connectivity index (χ4v) is 6.54. The standard InChI is InChI=1S/C27H27N5O2S/c1-31-14-6-10-19(16-31)29-25(33)24-23-22-21(12-13-28-26(22)35-24)32(27(34)30-23)20-11-5-9-18(15-20)17-7-3-2-4-8-17/h2-5,7-9,11-13,15,19,23-24H,6,10,14,16H2,1H3,(H,29,33)(H,30,34)/t19?,23?,24-/m1/s1. The van der Waals surface area contributed by atoms with E-state index in [9.17, 15) is 9.59 Å². The number of amides is 3. The van der Waals surface area contributed by atoms with Crippen LogP contribution >= 0.6 is 11.8 Å². The van der Waals surface area contributed by atoms with E-state index in [4.69, 9.17) is 0 Å². The molecule has 0 radical (unpaired) electrons. The SMILES string of the molecule is CN1CCCC(NC(=O)[C@@H]2Sc3nccc4c3C2NC(=O)N4c2cccc(-c3ccccc3)c2)C1. The van der Waals surface area contributed by atoms with Crippen molar-refractivity contribution in [1.82, 2.24) is 20.5 Å². The number of rotatable bonds is 4. The van der Waals surface area contributed by atoms with Crippen molar-refractivity contribution in [1.29, 1.82) is 0 Å². The molecule has 8 heteroatoms. The van der Waals surface area contributed by atoms with E-state index < -0.39 is 11.3 Å². The summed E-state index contributed by atoms with van der Waals surface area (Å²) in [6.45, 7) is 1.91. The topological polar surface area (TPSA) is 77.6 Å². The highest BCUT2D eigenvalue weighted by molar-refractivity contribution is 8.01. The minimum atomic E-state index is -0.437. The molecule has 3 aromatic rings. The summed E-state index contributed by atoms with van der Waals surface area (Å²) in [6, 6.07) is 19.4. The van der Waals surface area contributed by atoms with E-state index in [1.54, 1.807) is 11.1 Å². The fraction of sp³-hybridized carbons (Fsp3) is 0.296. The lowest BCUT2D eigenvalue weighted by molar-refractivity contribution is -0.122. The number of likely N-dealkylation sites (N-methyl/N-ethyl adjacent to an activating group) is 1. The summed E-state index contributed by atoms with van der Waals surface area (Å²) in [5, 5.41) is 6.70. The molecule has 1 saturated heterocycles. The molecule has 3 aliphatic rings. The number of hydrogen-bond acceptors (Lipinski definition) is 5. The third kappa shape index (κ3) is 4.06. The molecule has 35 heavy (non-hydrogen) atoms. The van der Waals surface area contributed by atoms with Crippen LogP contribution in [0.3, 0.4) is 0 Å². The Morgan fingerprint density at radius 2 is 1.94 bits per heavy atom. The number of hydrogen-bond donors (Lipinski definition) is 2. The molecule has 2 unspecified atom stereocenters. The van der Waals surface area contributed by atoms with E-state index in [-0.39, 0.29) is 18.0 Å². The van der Waals surface area contributed by atoms with E-state index in [0.29, 0.717) is 0 Å². The number of piperidine rings is 1. The van der Waals surface area contributed by atoms with Crippen LogP contribution in [0, 0.1) is 0 Å². The van der Waals surface area contributed by atoms with Crippen molar-refractivity contribution in [3.63, 3.8) is 0 Å². The molecule has 6 rings (SSSR count). The first-order valence-electron chi connectivity index (χ1n) is 12.0. The van der Waals surface area contributed by atoms with Crippen molar-refractivity contribution in [3.8, 4) is 11.1 Å². The second-order valence-corrected chi connectivity index (χ2v) is 10.5. The predicted molar refractivity (Wildman–Crippen MR) is 138 cm³/mol. The molecule has 0 spiro atoms. The van der Waals surface area contributed by atoms with Crippen LogP contribution in [0.2, 0.25) is 0 Å². The number of benzene rings is 2. The number of nitrogens with one attached hydrogen (secondary N) is 2. The van der Waals surface area contributed by atoms with Crippen LogP contribution in [0.1, 0.15) is 24.4 Å². The van der Waals surface area contributed by atoms with Crippen molar-refractivity contribution < 1.29 is 9.59 Å². The van der Waals surface area contributed by atoms with Gasteiger partial charge in [-0.15, -0.1) is 0 Å². The third-order valence-electron chi connectivity index (χ3n) is 6.95. The van der Waals surface area contributed by atoms with Crippen LogP contribution in [0.25, 0.3) is 11.1 Å². The van der Waals surface area contributed by atoms with Gasteiger partial charge >= 0.3 is 6.03 Å². The van der Waals surface area contributed by atoms with Gasteiger partial charge in [-0.25, -0.2) is 9.78 Å². The molecule has 3 amide bonds. The maximum absolute atomic E-state index is 13.4. The minimum absolute atomic E-state index is 0.0379. The second-order valence-electron chi connectivity index (χ2n) is 9.38. The van der Waals surface area contributed by atoms with Crippen molar-refractivity contribution >= 4 is 35.1 Å². The Bertz CT molecular complexity index is 1280. The van der Waals surface area contributed by atoms with E-state index in [1.807, 2.05) is 48.5 Å². The number of carbonyl (C=O) groups excluding carboxylic acids is 2. The Labute approximate surface area is 208 Å². The zero-order valence-corrected chi connectivity index (χ0v) is 20.3. The number of aromatic nitrogens is 1. The van der Waals surface area contributed by atoms with Crippen molar-refractivity contribution in [2.24, 2.45) is 0 Å². The summed E-state index contributed by atoms with van der Waals surface area (Å²) in [6.07, 6.45) is 3.77. The van der Waals surface area contributed by atoms with Crippen LogP contribution in [0.5, 0.6) is 0 Å². The Kier molecular flexibility index (Phi) is 5.70. The quantitative estimate of drug-likeness (QED) is 0.575. The van der Waals surface area contributed by atoms with Gasteiger partial charge < -0.3 is 15.5 Å². The largest absolute Gasteiger partial charge is 0.351 e. The van der Waals surface area contributed by atoms with Gasteiger partial charge in [0.05, 0.1) is 17.4 Å². The molecule has 0 bridgehead atoms. The maximum Gasteiger partial charge on any atom is 0.327 e. The van der Waals surface area contributed by atoms with Crippen LogP contribution in [0.4, 0.5) is 16.2 Å². The molecule has 0 aliphatic carbocycles. The summed E-state index contributed by atoms with van der Waals surface area (Å²) in [5.41, 5.74) is 4.61. The molecule has 3 aliphatic heterocycles. The fourth-order valence-electron chi connectivity index (χ4n) is 5.30. The number of thioether (sulfide) groups is 1. The van der Waals surface area contributed by atoms with Gasteiger partial charge in [0.1, 0.15) is 10.3 Å². The van der Waals surface area contributed by atoms with Crippen LogP contribution in [-0.4, -0.2) is 53.3 Å². The third-order valence-corrected chi connectivity index (χ3v) is 8.24. The Morgan fingerprint density at radius 3 is 2.77 bits per heavy atom. The van der Waals surface area contributed by atoms with Crippen molar-refractivity contribution in [3.05, 3.63) is 72.4 Å². The van der Waals surface area contributed by atoms with E-state index in [1.165, 1.54) is 11.8 Å². The van der Waals surface area contributed by atoms with Crippen LogP contribution in [-0.2, 0) is 4.79 Å². The van der Waals surface area contributed by atoms with Crippen LogP contribution in [0.15, 0.2) is 71.9 Å². The molecule has 1 aromatic heterocycles. The lowest BCUT2D eigenvalue weighted by Crippen LogP contribution is -2.52. The molecule has 0 saturated carbocycles. The van der Waals surface area contributed by atoms with E-state index in [2.05, 4.69) is 39.7 Å². The average Bonchev–Trinajstić information content (AvgIpc) is 3.24. The molecule has 3 atom stereocenters. The Hall–Kier alpha value is -3.36. The highest BCUT2D eigenvalue weighted by atomic mass is 32.2. The lowest BCUT2D eigenvalue weighted by atomic mass is 9.98. The molecule has 2 N–H and O–H groups in total. The molecular weight excluding hydrogens is 458 g/mol. The molecule has 2 aromatic carbocycles. The summed E-state index contributed by atoms with van der Waals surface area (Å²) in [5.74, 6) is -0.0379. The Morgan fingerprint density at radius 1 is 1.11 bits per heavy atom. The zero-order chi connectivity index (χ0) is 23.9. The average molecular weight is 486 g/mol. The summed E-state index contributed by atoms with van der Waals surface area (Å²) in [4.78, 5) is 35.3. The van der Waals surface area contributed by atoms with Gasteiger partial charge in [0.15, 0.2) is 0 Å². The lowest BCUT2D eigenvalue weighted by Gasteiger charge is -2.35. The molecule has 4 heterocycles. The number of urea groups is 1. The number of nitrogens with zero attached hydrogens (tertiary/aromatic N) is 3. The first-order valence-corrected chi connectivity index (χ1v) is 12.9. The molecule has 1 fully saturated rings. The maximum atomic E-state index is 13.4. The highest BCUT2D eigenvalue weighted by Crippen LogP contribution is 2.50. The number of pyridine rings is 1. The summed E-state index contributed by atoms with van der Waals surface area (Å²) < 4.78 is 0. The monoisotopic (exact) mass is 485 g/mol. The smallest absolute Gasteiger partial charge is 0.327 e. The number of carbonyl (C=O) groups is 2. The normalized spacial score (nSPS) is 23.5. The highest BCUT2D eigenvalue weighted by Gasteiger charge is 2.47. The van der Waals surface area contributed by atoms with Gasteiger partial charge in [-0.05, 0) is 55.8 Å². The zero-order valence-electron chi connectivity index (χ0n) is 19.5. The molecule has 178 valence electrons.